The van der Waals surface area contributed by atoms with Crippen molar-refractivity contribution in [1.82, 2.24) is 0 Å². The van der Waals surface area contributed by atoms with Crippen molar-refractivity contribution in [1.29, 1.82) is 5.26 Å². The Morgan fingerprint density at radius 1 is 1.38 bits per heavy atom. The normalized spacial score (nSPS) is 18.1. The lowest BCUT2D eigenvalue weighted by atomic mass is 9.84. The van der Waals surface area contributed by atoms with Crippen LogP contribution in [0.2, 0.25) is 0 Å². The van der Waals surface area contributed by atoms with Crippen molar-refractivity contribution < 1.29 is 9.53 Å². The number of ketones is 1. The summed E-state index contributed by atoms with van der Waals surface area (Å²) in [4.78, 5) is 16.4. The molecule has 2 rings (SSSR count). The molecule has 0 spiro atoms. The molecule has 0 saturated heterocycles. The fourth-order valence-corrected chi connectivity index (χ4v) is 2.70. The van der Waals surface area contributed by atoms with E-state index in [1.165, 1.54) is 6.92 Å². The molecule has 1 aliphatic heterocycles. The van der Waals surface area contributed by atoms with Gasteiger partial charge in [0.25, 0.3) is 0 Å². The van der Waals surface area contributed by atoms with Crippen LogP contribution in [0.1, 0.15) is 19.4 Å². The first kappa shape index (κ1) is 15.1. The van der Waals surface area contributed by atoms with E-state index in [-0.39, 0.29) is 5.78 Å². The van der Waals surface area contributed by atoms with Gasteiger partial charge in [-0.2, -0.15) is 5.26 Å². The van der Waals surface area contributed by atoms with Gasteiger partial charge in [-0.1, -0.05) is 24.4 Å². The molecule has 0 saturated carbocycles. The monoisotopic (exact) mass is 298 g/mol. The minimum Gasteiger partial charge on any atom is -0.497 e. The summed E-state index contributed by atoms with van der Waals surface area (Å²) >= 11 is 5.19. The van der Waals surface area contributed by atoms with Gasteiger partial charge < -0.3 is 4.74 Å². The topological polar surface area (TPSA) is 62.4 Å². The van der Waals surface area contributed by atoms with Crippen LogP contribution in [0.5, 0.6) is 5.75 Å². The van der Waals surface area contributed by atoms with Crippen molar-refractivity contribution in [3.8, 4) is 11.8 Å². The number of hydrogen-bond donors (Lipinski definition) is 0. The maximum absolute atomic E-state index is 12.0. The molecule has 0 fully saturated rings. The highest BCUT2D eigenvalue weighted by molar-refractivity contribution is 7.80. The molecule has 1 unspecified atom stereocenters. The lowest BCUT2D eigenvalue weighted by molar-refractivity contribution is -0.113. The van der Waals surface area contributed by atoms with E-state index in [2.05, 4.69) is 11.1 Å². The number of rotatable bonds is 3. The van der Waals surface area contributed by atoms with Gasteiger partial charge in [-0.15, -0.1) is 0 Å². The van der Waals surface area contributed by atoms with Crippen LogP contribution in [0.25, 0.3) is 5.57 Å². The number of dihydropyridines is 1. The third-order valence-electron chi connectivity index (χ3n) is 3.33. The highest BCUT2D eigenvalue weighted by atomic mass is 32.1. The second-order valence-electron chi connectivity index (χ2n) is 4.67. The fraction of sp³-hybridized carbons (Fsp3) is 0.250. The van der Waals surface area contributed by atoms with Gasteiger partial charge in [0.15, 0.2) is 5.78 Å². The molecule has 0 amide bonds. The number of aliphatic imine (C=N–C) groups is 1. The average molecular weight is 298 g/mol. The third-order valence-corrected chi connectivity index (χ3v) is 3.65. The van der Waals surface area contributed by atoms with E-state index in [1.54, 1.807) is 26.2 Å². The lowest BCUT2D eigenvalue weighted by Gasteiger charge is -2.22. The van der Waals surface area contributed by atoms with E-state index >= 15 is 0 Å². The Balaban J connectivity index is 2.69. The van der Waals surface area contributed by atoms with Gasteiger partial charge in [0.2, 0.25) is 0 Å². The number of nitrogens with zero attached hydrogens (tertiary/aromatic N) is 2. The SMILES string of the molecule is COc1ccc(C2=C(C(C)=O)C(C)=NC(=S)C2C#N)cc1. The minimum absolute atomic E-state index is 0.121. The number of Topliss-reactive ketones (excluding diaryl/α,β-unsaturated/α-hetero) is 1. The largest absolute Gasteiger partial charge is 0.497 e. The summed E-state index contributed by atoms with van der Waals surface area (Å²) in [5, 5.41) is 9.40. The number of ether oxygens (including phenoxy) is 1. The number of nitriles is 1. The van der Waals surface area contributed by atoms with Crippen molar-refractivity contribution in [3.05, 3.63) is 35.4 Å². The third kappa shape index (κ3) is 2.76. The molecule has 4 nitrogen and oxygen atoms in total. The number of thiocarbonyl (C=S) groups is 1. The Labute approximate surface area is 128 Å². The summed E-state index contributed by atoms with van der Waals surface area (Å²) in [5.41, 5.74) is 2.44. The number of benzene rings is 1. The summed E-state index contributed by atoms with van der Waals surface area (Å²) < 4.78 is 5.13. The molecule has 5 heteroatoms. The second kappa shape index (κ2) is 5.98. The van der Waals surface area contributed by atoms with Gasteiger partial charge >= 0.3 is 0 Å². The Hall–Kier alpha value is -2.32. The maximum atomic E-state index is 12.0. The minimum atomic E-state index is -0.684. The van der Waals surface area contributed by atoms with Crippen LogP contribution in [-0.2, 0) is 4.79 Å². The van der Waals surface area contributed by atoms with Gasteiger partial charge in [0.1, 0.15) is 16.7 Å². The van der Waals surface area contributed by atoms with Gasteiger partial charge in [0.05, 0.1) is 13.2 Å². The molecule has 106 valence electrons. The molecule has 1 aromatic carbocycles. The van der Waals surface area contributed by atoms with Crippen molar-refractivity contribution >= 4 is 34.3 Å². The average Bonchev–Trinajstić information content (AvgIpc) is 2.46. The smallest absolute Gasteiger partial charge is 0.161 e. The van der Waals surface area contributed by atoms with Crippen molar-refractivity contribution in [3.63, 3.8) is 0 Å². The Kier molecular flexibility index (Phi) is 4.29. The predicted octanol–water partition coefficient (Wildman–Crippen LogP) is 2.98. The van der Waals surface area contributed by atoms with Crippen LogP contribution >= 0.6 is 12.2 Å². The van der Waals surface area contributed by atoms with E-state index in [0.29, 0.717) is 27.6 Å². The van der Waals surface area contributed by atoms with Gasteiger partial charge in [-0.25, -0.2) is 4.99 Å². The molecule has 21 heavy (non-hydrogen) atoms. The zero-order valence-corrected chi connectivity index (χ0v) is 12.8. The molecule has 0 radical (unpaired) electrons. The molecule has 1 atom stereocenters. The van der Waals surface area contributed by atoms with Gasteiger partial charge in [-0.05, 0) is 37.1 Å². The molecule has 0 aromatic heterocycles. The van der Waals surface area contributed by atoms with Gasteiger partial charge in [0, 0.05) is 11.3 Å². The van der Waals surface area contributed by atoms with Crippen LogP contribution in [0.3, 0.4) is 0 Å². The van der Waals surface area contributed by atoms with E-state index in [1.807, 2.05) is 12.1 Å². The molecule has 0 bridgehead atoms. The molecule has 0 N–H and O–H groups in total. The summed E-state index contributed by atoms with van der Waals surface area (Å²) in [5.74, 6) is -0.0955. The number of methoxy groups -OCH3 is 1. The molecular formula is C16H14N2O2S. The van der Waals surface area contributed by atoms with Crippen LogP contribution in [0, 0.1) is 17.2 Å². The van der Waals surface area contributed by atoms with E-state index in [9.17, 15) is 10.1 Å². The first-order valence-corrected chi connectivity index (χ1v) is 6.79. The van der Waals surface area contributed by atoms with Crippen molar-refractivity contribution in [2.75, 3.05) is 7.11 Å². The summed E-state index contributed by atoms with van der Waals surface area (Å²) in [7, 11) is 1.58. The summed E-state index contributed by atoms with van der Waals surface area (Å²) in [6.07, 6.45) is 0. The standard InChI is InChI=1S/C16H14N2O2S/c1-9-14(10(2)19)15(13(8-17)16(21)18-9)11-4-6-12(20-3)7-5-11/h4-7,13H,1-3H3. The molecule has 0 aliphatic carbocycles. The van der Waals surface area contributed by atoms with E-state index in [4.69, 9.17) is 17.0 Å². The Morgan fingerprint density at radius 2 is 2.00 bits per heavy atom. The predicted molar refractivity (Wildman–Crippen MR) is 85.4 cm³/mol. The van der Waals surface area contributed by atoms with Gasteiger partial charge in [-0.3, -0.25) is 4.79 Å². The Bertz CT molecular complexity index is 709. The van der Waals surface area contributed by atoms with Crippen LogP contribution in [-0.4, -0.2) is 23.6 Å². The zero-order valence-electron chi connectivity index (χ0n) is 12.0. The van der Waals surface area contributed by atoms with Crippen molar-refractivity contribution in [2.45, 2.75) is 13.8 Å². The first-order valence-electron chi connectivity index (χ1n) is 6.38. The maximum Gasteiger partial charge on any atom is 0.161 e. The highest BCUT2D eigenvalue weighted by Gasteiger charge is 2.31. The van der Waals surface area contributed by atoms with Crippen LogP contribution in [0.4, 0.5) is 0 Å². The number of allylic oxidation sites excluding steroid dienone is 1. The van der Waals surface area contributed by atoms with Crippen LogP contribution in [0.15, 0.2) is 34.8 Å². The number of carbonyl (C=O) groups is 1. The van der Waals surface area contributed by atoms with Crippen molar-refractivity contribution in [2.24, 2.45) is 10.9 Å². The summed E-state index contributed by atoms with van der Waals surface area (Å²) in [6, 6.07) is 9.37. The fourth-order valence-electron chi connectivity index (χ4n) is 2.39. The van der Waals surface area contributed by atoms with Crippen LogP contribution < -0.4 is 4.74 Å². The van der Waals surface area contributed by atoms with E-state index < -0.39 is 5.92 Å². The highest BCUT2D eigenvalue weighted by Crippen LogP contribution is 2.33. The lowest BCUT2D eigenvalue weighted by Crippen LogP contribution is -2.24. The second-order valence-corrected chi connectivity index (χ2v) is 5.09. The number of carbonyl (C=O) groups excluding carboxylic acids is 1. The molecule has 1 aliphatic rings. The zero-order chi connectivity index (χ0) is 15.6. The van der Waals surface area contributed by atoms with E-state index in [0.717, 1.165) is 5.56 Å². The molecule has 1 aromatic rings. The first-order chi connectivity index (χ1) is 9.99. The quantitative estimate of drug-likeness (QED) is 0.805. The molecule has 1 heterocycles. The Morgan fingerprint density at radius 3 is 2.48 bits per heavy atom. The molecular weight excluding hydrogens is 284 g/mol. The number of hydrogen-bond acceptors (Lipinski definition) is 4. The summed E-state index contributed by atoms with van der Waals surface area (Å²) in [6.45, 7) is 3.21.